The van der Waals surface area contributed by atoms with Gasteiger partial charge in [-0.25, -0.2) is 4.68 Å². The zero-order chi connectivity index (χ0) is 18.2. The van der Waals surface area contributed by atoms with E-state index in [0.717, 1.165) is 12.1 Å². The first-order valence-electron chi connectivity index (χ1n) is 7.12. The number of rotatable bonds is 3. The average molecular weight is 369 g/mol. The summed E-state index contributed by atoms with van der Waals surface area (Å²) in [6.45, 7) is 0.0422. The van der Waals surface area contributed by atoms with E-state index in [-0.39, 0.29) is 23.0 Å². The molecule has 5 nitrogen and oxygen atoms in total. The third kappa shape index (κ3) is 3.31. The molecule has 1 heterocycles. The van der Waals surface area contributed by atoms with Crippen molar-refractivity contribution in [3.05, 3.63) is 58.7 Å². The number of hydrogen-bond donors (Lipinski definition) is 2. The lowest BCUT2D eigenvalue weighted by molar-refractivity contribution is -0.137. The number of aromatic hydroxyl groups is 1. The number of aromatic nitrogens is 3. The van der Waals surface area contributed by atoms with Gasteiger partial charge in [-0.05, 0) is 42.5 Å². The van der Waals surface area contributed by atoms with Crippen molar-refractivity contribution in [1.82, 2.24) is 15.0 Å². The molecule has 25 heavy (non-hydrogen) atoms. The molecule has 0 saturated carbocycles. The standard InChI is InChI=1S/C16H12ClF3N4O/c17-12-7-10(16(18,19)20)3-6-13(12)24-14(8-21)15(22-23-24)9-1-4-11(25)5-2-9/h1-7,25H,8,21H2. The van der Waals surface area contributed by atoms with Gasteiger partial charge in [0, 0.05) is 12.1 Å². The number of alkyl halides is 3. The van der Waals surface area contributed by atoms with Crippen molar-refractivity contribution in [2.24, 2.45) is 5.73 Å². The first-order valence-corrected chi connectivity index (χ1v) is 7.50. The minimum atomic E-state index is -4.49. The van der Waals surface area contributed by atoms with Gasteiger partial charge < -0.3 is 10.8 Å². The highest BCUT2D eigenvalue weighted by Gasteiger charge is 2.31. The minimum absolute atomic E-state index is 0.0422. The van der Waals surface area contributed by atoms with Crippen molar-refractivity contribution in [2.45, 2.75) is 12.7 Å². The van der Waals surface area contributed by atoms with E-state index in [0.29, 0.717) is 17.0 Å². The summed E-state index contributed by atoms with van der Waals surface area (Å²) >= 11 is 6.01. The number of halogens is 4. The van der Waals surface area contributed by atoms with Crippen LogP contribution in [0.4, 0.5) is 13.2 Å². The van der Waals surface area contributed by atoms with Crippen LogP contribution >= 0.6 is 11.6 Å². The van der Waals surface area contributed by atoms with Crippen LogP contribution < -0.4 is 5.73 Å². The SMILES string of the molecule is NCc1c(-c2ccc(O)cc2)nnn1-c1ccc(C(F)(F)F)cc1Cl. The summed E-state index contributed by atoms with van der Waals surface area (Å²) in [5.74, 6) is 0.0937. The Morgan fingerprint density at radius 2 is 1.80 bits per heavy atom. The van der Waals surface area contributed by atoms with Gasteiger partial charge in [0.25, 0.3) is 0 Å². The van der Waals surface area contributed by atoms with E-state index in [1.165, 1.54) is 22.9 Å². The van der Waals surface area contributed by atoms with Crippen LogP contribution in [0.5, 0.6) is 5.75 Å². The molecule has 2 aromatic carbocycles. The van der Waals surface area contributed by atoms with Crippen LogP contribution in [-0.2, 0) is 12.7 Å². The number of nitrogens with two attached hydrogens (primary N) is 1. The third-order valence-corrected chi connectivity index (χ3v) is 3.90. The molecule has 9 heteroatoms. The van der Waals surface area contributed by atoms with E-state index in [9.17, 15) is 18.3 Å². The summed E-state index contributed by atoms with van der Waals surface area (Å²) in [4.78, 5) is 0. The molecule has 0 aliphatic heterocycles. The molecule has 3 N–H and O–H groups in total. The summed E-state index contributed by atoms with van der Waals surface area (Å²) in [5, 5.41) is 17.3. The molecule has 0 radical (unpaired) electrons. The summed E-state index contributed by atoms with van der Waals surface area (Å²) in [6.07, 6.45) is -4.49. The van der Waals surface area contributed by atoms with Gasteiger partial charge in [-0.2, -0.15) is 13.2 Å². The monoisotopic (exact) mass is 368 g/mol. The Kier molecular flexibility index (Phi) is 4.40. The Balaban J connectivity index is 2.08. The van der Waals surface area contributed by atoms with E-state index >= 15 is 0 Å². The van der Waals surface area contributed by atoms with Crippen LogP contribution in [-0.4, -0.2) is 20.1 Å². The maximum absolute atomic E-state index is 12.8. The van der Waals surface area contributed by atoms with Crippen molar-refractivity contribution in [1.29, 1.82) is 0 Å². The first-order chi connectivity index (χ1) is 11.8. The molecule has 3 rings (SSSR count). The van der Waals surface area contributed by atoms with Crippen molar-refractivity contribution in [3.63, 3.8) is 0 Å². The maximum Gasteiger partial charge on any atom is 0.416 e. The molecule has 0 unspecified atom stereocenters. The second kappa shape index (κ2) is 6.38. The molecular formula is C16H12ClF3N4O. The highest BCUT2D eigenvalue weighted by Crippen LogP contribution is 2.34. The second-order valence-electron chi connectivity index (χ2n) is 5.21. The van der Waals surface area contributed by atoms with Crippen LogP contribution in [0.25, 0.3) is 16.9 Å². The fourth-order valence-electron chi connectivity index (χ4n) is 2.38. The number of nitrogens with zero attached hydrogens (tertiary/aromatic N) is 3. The second-order valence-corrected chi connectivity index (χ2v) is 5.62. The lowest BCUT2D eigenvalue weighted by atomic mass is 10.1. The van der Waals surface area contributed by atoms with Crippen molar-refractivity contribution in [3.8, 4) is 22.7 Å². The Labute approximate surface area is 145 Å². The van der Waals surface area contributed by atoms with Crippen LogP contribution in [0.15, 0.2) is 42.5 Å². The number of phenols is 1. The van der Waals surface area contributed by atoms with Gasteiger partial charge in [0.2, 0.25) is 0 Å². The van der Waals surface area contributed by atoms with Crippen LogP contribution in [0.2, 0.25) is 5.02 Å². The molecule has 0 aliphatic carbocycles. The Morgan fingerprint density at radius 1 is 1.12 bits per heavy atom. The molecule has 0 atom stereocenters. The lowest BCUT2D eigenvalue weighted by Crippen LogP contribution is -2.10. The summed E-state index contributed by atoms with van der Waals surface area (Å²) in [6, 6.07) is 9.22. The lowest BCUT2D eigenvalue weighted by Gasteiger charge is -2.11. The largest absolute Gasteiger partial charge is 0.508 e. The number of phenolic OH excluding ortho intramolecular Hbond substituents is 1. The van der Waals surface area contributed by atoms with Gasteiger partial charge >= 0.3 is 6.18 Å². The van der Waals surface area contributed by atoms with Crippen LogP contribution in [0.3, 0.4) is 0 Å². The highest BCUT2D eigenvalue weighted by atomic mass is 35.5. The molecule has 0 saturated heterocycles. The normalized spacial score (nSPS) is 11.7. The molecule has 0 bridgehead atoms. The van der Waals surface area contributed by atoms with E-state index in [4.69, 9.17) is 17.3 Å². The fourth-order valence-corrected chi connectivity index (χ4v) is 2.64. The van der Waals surface area contributed by atoms with Crippen LogP contribution in [0, 0.1) is 0 Å². The van der Waals surface area contributed by atoms with Crippen molar-refractivity contribution >= 4 is 11.6 Å². The molecule has 0 aliphatic rings. The van der Waals surface area contributed by atoms with Gasteiger partial charge in [-0.1, -0.05) is 16.8 Å². The Hall–Kier alpha value is -2.58. The zero-order valence-corrected chi connectivity index (χ0v) is 13.4. The van der Waals surface area contributed by atoms with Gasteiger partial charge in [0.15, 0.2) is 0 Å². The van der Waals surface area contributed by atoms with Gasteiger partial charge in [0.05, 0.1) is 22.0 Å². The molecule has 3 aromatic rings. The topological polar surface area (TPSA) is 77.0 Å². The minimum Gasteiger partial charge on any atom is -0.508 e. The number of benzene rings is 2. The summed E-state index contributed by atoms with van der Waals surface area (Å²) < 4.78 is 39.6. The van der Waals surface area contributed by atoms with Gasteiger partial charge in [-0.15, -0.1) is 5.10 Å². The quantitative estimate of drug-likeness (QED) is 0.737. The molecule has 0 amide bonds. The smallest absolute Gasteiger partial charge is 0.416 e. The summed E-state index contributed by atoms with van der Waals surface area (Å²) in [5.41, 5.74) is 6.76. The van der Waals surface area contributed by atoms with Crippen molar-refractivity contribution < 1.29 is 18.3 Å². The molecule has 0 spiro atoms. The van der Waals surface area contributed by atoms with Gasteiger partial charge in [-0.3, -0.25) is 0 Å². The van der Waals surface area contributed by atoms with E-state index < -0.39 is 11.7 Å². The fraction of sp³-hybridized carbons (Fsp3) is 0.125. The van der Waals surface area contributed by atoms with E-state index in [1.807, 2.05) is 0 Å². The summed E-state index contributed by atoms with van der Waals surface area (Å²) in [7, 11) is 0. The van der Waals surface area contributed by atoms with E-state index in [1.54, 1.807) is 12.1 Å². The zero-order valence-electron chi connectivity index (χ0n) is 12.6. The Bertz CT molecular complexity index is 907. The number of hydrogen-bond acceptors (Lipinski definition) is 4. The molecule has 0 fully saturated rings. The first kappa shape index (κ1) is 17.2. The average Bonchev–Trinajstić information content (AvgIpc) is 2.98. The molecule has 1 aromatic heterocycles. The van der Waals surface area contributed by atoms with E-state index in [2.05, 4.69) is 10.3 Å². The highest BCUT2D eigenvalue weighted by molar-refractivity contribution is 6.32. The maximum atomic E-state index is 12.8. The predicted octanol–water partition coefficient (Wildman–Crippen LogP) is 3.77. The van der Waals surface area contributed by atoms with Gasteiger partial charge in [0.1, 0.15) is 11.4 Å². The molecular weight excluding hydrogens is 357 g/mol. The molecule has 130 valence electrons. The predicted molar refractivity (Wildman–Crippen MR) is 86.4 cm³/mol. The van der Waals surface area contributed by atoms with Crippen LogP contribution in [0.1, 0.15) is 11.3 Å². The Morgan fingerprint density at radius 3 is 2.36 bits per heavy atom. The third-order valence-electron chi connectivity index (χ3n) is 3.60. The van der Waals surface area contributed by atoms with Crippen molar-refractivity contribution in [2.75, 3.05) is 0 Å².